The van der Waals surface area contributed by atoms with Crippen molar-refractivity contribution in [3.63, 3.8) is 0 Å². The molecule has 0 radical (unpaired) electrons. The van der Waals surface area contributed by atoms with Crippen molar-refractivity contribution in [2.75, 3.05) is 14.2 Å². The molecular formula is C15H20N2O2. The number of rotatable bonds is 6. The number of aromatic nitrogens is 1. The minimum Gasteiger partial charge on any atom is -0.497 e. The molecule has 19 heavy (non-hydrogen) atoms. The van der Waals surface area contributed by atoms with Gasteiger partial charge in [-0.05, 0) is 25.1 Å². The Morgan fingerprint density at radius 3 is 2.68 bits per heavy atom. The van der Waals surface area contributed by atoms with Gasteiger partial charge in [-0.1, -0.05) is 6.07 Å². The molecule has 1 unspecified atom stereocenters. The number of ether oxygens (including phenoxy) is 2. The van der Waals surface area contributed by atoms with E-state index in [0.29, 0.717) is 0 Å². The van der Waals surface area contributed by atoms with Gasteiger partial charge in [0.2, 0.25) is 0 Å². The van der Waals surface area contributed by atoms with E-state index in [9.17, 15) is 0 Å². The highest BCUT2D eigenvalue weighted by Crippen LogP contribution is 2.29. The molecule has 1 aromatic carbocycles. The van der Waals surface area contributed by atoms with Gasteiger partial charge in [0.1, 0.15) is 11.5 Å². The van der Waals surface area contributed by atoms with Crippen molar-refractivity contribution in [1.82, 2.24) is 10.3 Å². The number of benzene rings is 1. The molecular weight excluding hydrogens is 240 g/mol. The van der Waals surface area contributed by atoms with E-state index in [4.69, 9.17) is 9.47 Å². The van der Waals surface area contributed by atoms with Gasteiger partial charge in [0, 0.05) is 36.1 Å². The summed E-state index contributed by atoms with van der Waals surface area (Å²) < 4.78 is 10.6. The van der Waals surface area contributed by atoms with E-state index in [0.717, 1.165) is 23.6 Å². The molecule has 1 heterocycles. The normalized spacial score (nSPS) is 12.2. The number of H-pyrrole nitrogens is 1. The topological polar surface area (TPSA) is 46.3 Å². The summed E-state index contributed by atoms with van der Waals surface area (Å²) in [5.74, 6) is 1.64. The molecule has 0 spiro atoms. The van der Waals surface area contributed by atoms with Crippen molar-refractivity contribution in [2.24, 2.45) is 0 Å². The van der Waals surface area contributed by atoms with Gasteiger partial charge in [0.05, 0.1) is 14.2 Å². The van der Waals surface area contributed by atoms with Gasteiger partial charge in [0.25, 0.3) is 0 Å². The lowest BCUT2D eigenvalue weighted by atomic mass is 10.1. The van der Waals surface area contributed by atoms with Crippen LogP contribution in [0.2, 0.25) is 0 Å². The van der Waals surface area contributed by atoms with Gasteiger partial charge in [-0.3, -0.25) is 0 Å². The number of hydrogen-bond acceptors (Lipinski definition) is 3. The van der Waals surface area contributed by atoms with Gasteiger partial charge >= 0.3 is 0 Å². The average Bonchev–Trinajstić information content (AvgIpc) is 2.97. The Kier molecular flexibility index (Phi) is 4.47. The summed E-state index contributed by atoms with van der Waals surface area (Å²) in [7, 11) is 3.33. The van der Waals surface area contributed by atoms with Gasteiger partial charge in [0.15, 0.2) is 0 Å². The van der Waals surface area contributed by atoms with Gasteiger partial charge in [-0.15, -0.1) is 0 Å². The molecule has 2 N–H and O–H groups in total. The maximum atomic E-state index is 5.42. The molecule has 102 valence electrons. The highest BCUT2D eigenvalue weighted by atomic mass is 16.5. The van der Waals surface area contributed by atoms with Crippen LogP contribution in [0.15, 0.2) is 36.5 Å². The molecule has 4 nitrogen and oxygen atoms in total. The minimum atomic E-state index is 0.198. The van der Waals surface area contributed by atoms with E-state index in [-0.39, 0.29) is 6.04 Å². The van der Waals surface area contributed by atoms with Crippen molar-refractivity contribution in [2.45, 2.75) is 19.5 Å². The maximum absolute atomic E-state index is 5.42. The maximum Gasteiger partial charge on any atom is 0.127 e. The third-order valence-corrected chi connectivity index (χ3v) is 3.17. The van der Waals surface area contributed by atoms with Crippen LogP contribution in [-0.2, 0) is 6.54 Å². The van der Waals surface area contributed by atoms with Crippen LogP contribution < -0.4 is 14.8 Å². The first-order valence-electron chi connectivity index (χ1n) is 6.32. The lowest BCUT2D eigenvalue weighted by molar-refractivity contribution is 0.385. The summed E-state index contributed by atoms with van der Waals surface area (Å²) in [5, 5.41) is 3.46. The summed E-state index contributed by atoms with van der Waals surface area (Å²) in [6.45, 7) is 2.91. The number of methoxy groups -OCH3 is 2. The Morgan fingerprint density at radius 2 is 2.05 bits per heavy atom. The molecule has 1 aromatic heterocycles. The van der Waals surface area contributed by atoms with E-state index >= 15 is 0 Å². The fraction of sp³-hybridized carbons (Fsp3) is 0.333. The summed E-state index contributed by atoms with van der Waals surface area (Å²) in [4.78, 5) is 3.18. The predicted octanol–water partition coefficient (Wildman–Crippen LogP) is 2.88. The molecule has 0 saturated carbocycles. The smallest absolute Gasteiger partial charge is 0.127 e. The highest BCUT2D eigenvalue weighted by Gasteiger charge is 2.12. The summed E-state index contributed by atoms with van der Waals surface area (Å²) >= 11 is 0. The fourth-order valence-corrected chi connectivity index (χ4v) is 2.03. The quantitative estimate of drug-likeness (QED) is 0.839. The zero-order valence-corrected chi connectivity index (χ0v) is 11.6. The average molecular weight is 260 g/mol. The number of aromatic amines is 1. The molecule has 1 atom stereocenters. The van der Waals surface area contributed by atoms with Crippen LogP contribution in [0, 0.1) is 0 Å². The van der Waals surface area contributed by atoms with Crippen molar-refractivity contribution >= 4 is 0 Å². The van der Waals surface area contributed by atoms with E-state index in [1.165, 1.54) is 5.69 Å². The lowest BCUT2D eigenvalue weighted by Gasteiger charge is -2.17. The minimum absolute atomic E-state index is 0.198. The largest absolute Gasteiger partial charge is 0.497 e. The SMILES string of the molecule is COc1ccc(C(C)NCc2ccc[nH]2)c(OC)c1. The van der Waals surface area contributed by atoms with Gasteiger partial charge in [-0.25, -0.2) is 0 Å². The second kappa shape index (κ2) is 6.29. The molecule has 4 heteroatoms. The van der Waals surface area contributed by atoms with Crippen LogP contribution in [0.5, 0.6) is 11.5 Å². The molecule has 0 aliphatic rings. The molecule has 2 rings (SSSR count). The third-order valence-electron chi connectivity index (χ3n) is 3.17. The lowest BCUT2D eigenvalue weighted by Crippen LogP contribution is -2.18. The molecule has 0 fully saturated rings. The summed E-state index contributed by atoms with van der Waals surface area (Å²) in [6.07, 6.45) is 1.93. The van der Waals surface area contributed by atoms with E-state index in [1.54, 1.807) is 14.2 Å². The first-order valence-corrected chi connectivity index (χ1v) is 6.32. The molecule has 0 saturated heterocycles. The zero-order chi connectivity index (χ0) is 13.7. The van der Waals surface area contributed by atoms with Crippen LogP contribution in [0.4, 0.5) is 0 Å². The van der Waals surface area contributed by atoms with Crippen LogP contribution in [0.1, 0.15) is 24.2 Å². The van der Waals surface area contributed by atoms with Gasteiger partial charge < -0.3 is 19.8 Å². The first kappa shape index (κ1) is 13.5. The molecule has 0 aliphatic heterocycles. The summed E-state index contributed by atoms with van der Waals surface area (Å²) in [6, 6.07) is 10.1. The van der Waals surface area contributed by atoms with Crippen LogP contribution in [0.3, 0.4) is 0 Å². The fourth-order valence-electron chi connectivity index (χ4n) is 2.03. The molecule has 0 amide bonds. The van der Waals surface area contributed by atoms with Crippen molar-refractivity contribution in [3.8, 4) is 11.5 Å². The third kappa shape index (κ3) is 3.29. The molecule has 0 bridgehead atoms. The second-order valence-electron chi connectivity index (χ2n) is 4.41. The predicted molar refractivity (Wildman–Crippen MR) is 75.6 cm³/mol. The Balaban J connectivity index is 2.07. The molecule has 2 aromatic rings. The van der Waals surface area contributed by atoms with Crippen LogP contribution >= 0.6 is 0 Å². The van der Waals surface area contributed by atoms with Crippen molar-refractivity contribution < 1.29 is 9.47 Å². The Bertz CT molecular complexity index is 509. The zero-order valence-electron chi connectivity index (χ0n) is 11.6. The standard InChI is InChI=1S/C15H20N2O2/c1-11(17-10-12-5-4-8-16-12)14-7-6-13(18-2)9-15(14)19-3/h4-9,11,16-17H,10H2,1-3H3. The van der Waals surface area contributed by atoms with Gasteiger partial charge in [-0.2, -0.15) is 0 Å². The summed E-state index contributed by atoms with van der Waals surface area (Å²) in [5.41, 5.74) is 2.29. The Labute approximate surface area is 113 Å². The van der Waals surface area contributed by atoms with E-state index in [2.05, 4.69) is 23.3 Å². The highest BCUT2D eigenvalue weighted by molar-refractivity contribution is 5.42. The van der Waals surface area contributed by atoms with Crippen LogP contribution in [-0.4, -0.2) is 19.2 Å². The monoisotopic (exact) mass is 260 g/mol. The number of hydrogen-bond donors (Lipinski definition) is 2. The first-order chi connectivity index (χ1) is 9.24. The second-order valence-corrected chi connectivity index (χ2v) is 4.41. The molecule has 0 aliphatic carbocycles. The Hall–Kier alpha value is -1.94. The van der Waals surface area contributed by atoms with E-state index in [1.807, 2.05) is 30.5 Å². The van der Waals surface area contributed by atoms with Crippen LogP contribution in [0.25, 0.3) is 0 Å². The number of nitrogens with one attached hydrogen (secondary N) is 2. The van der Waals surface area contributed by atoms with E-state index < -0.39 is 0 Å². The van der Waals surface area contributed by atoms with Crippen molar-refractivity contribution in [1.29, 1.82) is 0 Å². The van der Waals surface area contributed by atoms with Crippen molar-refractivity contribution in [3.05, 3.63) is 47.8 Å². The Morgan fingerprint density at radius 1 is 1.21 bits per heavy atom.